The van der Waals surface area contributed by atoms with Crippen LogP contribution >= 0.6 is 15.9 Å². The maximum absolute atomic E-state index is 14.6. The highest BCUT2D eigenvalue weighted by Gasteiger charge is 2.35. The van der Waals surface area contributed by atoms with Gasteiger partial charge >= 0.3 is 17.8 Å². The Labute approximate surface area is 191 Å². The van der Waals surface area contributed by atoms with E-state index >= 15 is 0 Å². The van der Waals surface area contributed by atoms with Crippen molar-refractivity contribution in [1.82, 2.24) is 14.1 Å². The molecule has 2 heterocycles. The van der Waals surface area contributed by atoms with Gasteiger partial charge in [0.1, 0.15) is 23.9 Å². The Balaban J connectivity index is 2.06. The number of nitrogens with zero attached hydrogens (tertiary/aromatic N) is 3. The number of carbonyl (C=O) groups excluding carboxylic acids is 1. The molecule has 3 aromatic rings. The molecule has 13 heteroatoms. The summed E-state index contributed by atoms with van der Waals surface area (Å²) < 4.78 is 64.6. The fourth-order valence-electron chi connectivity index (χ4n) is 2.91. The summed E-state index contributed by atoms with van der Waals surface area (Å²) >= 11 is 3.08. The van der Waals surface area contributed by atoms with Crippen LogP contribution in [0.1, 0.15) is 21.7 Å². The van der Waals surface area contributed by atoms with Gasteiger partial charge in [0.05, 0.1) is 28.5 Å². The van der Waals surface area contributed by atoms with E-state index in [1.165, 1.54) is 25.4 Å². The number of pyridine rings is 1. The minimum Gasteiger partial charge on any atom is -0.486 e. The number of carbonyl (C=O) groups is 1. The van der Waals surface area contributed by atoms with E-state index in [1.54, 1.807) is 0 Å². The summed E-state index contributed by atoms with van der Waals surface area (Å²) in [6.45, 7) is -0.283. The molecule has 174 valence electrons. The third kappa shape index (κ3) is 4.82. The zero-order chi connectivity index (χ0) is 24.5. The van der Waals surface area contributed by atoms with Gasteiger partial charge in [0, 0.05) is 25.4 Å². The molecule has 33 heavy (non-hydrogen) atoms. The van der Waals surface area contributed by atoms with Crippen molar-refractivity contribution in [2.45, 2.75) is 12.8 Å². The number of rotatable bonds is 5. The molecular formula is C20H14BrF4N3O5. The molecule has 8 nitrogen and oxygen atoms in total. The zero-order valence-corrected chi connectivity index (χ0v) is 18.5. The molecule has 0 saturated heterocycles. The highest BCUT2D eigenvalue weighted by molar-refractivity contribution is 9.10. The van der Waals surface area contributed by atoms with E-state index in [4.69, 9.17) is 4.74 Å². The summed E-state index contributed by atoms with van der Waals surface area (Å²) in [5.74, 6) is -1.80. The number of benzene rings is 1. The molecule has 0 unspecified atom stereocenters. The molecule has 0 aliphatic carbocycles. The van der Waals surface area contributed by atoms with Gasteiger partial charge in [-0.2, -0.15) is 13.2 Å². The first-order valence-electron chi connectivity index (χ1n) is 9.00. The van der Waals surface area contributed by atoms with Gasteiger partial charge in [-0.1, -0.05) is 0 Å². The Bertz CT molecular complexity index is 1350. The topological polar surface area (TPSA) is 92.4 Å². The van der Waals surface area contributed by atoms with Crippen LogP contribution in [0.4, 0.5) is 17.6 Å². The van der Waals surface area contributed by atoms with E-state index in [1.807, 2.05) is 0 Å². The number of aromatic nitrogens is 3. The summed E-state index contributed by atoms with van der Waals surface area (Å²) in [6.07, 6.45) is -3.56. The number of alkyl halides is 3. The van der Waals surface area contributed by atoms with Crippen molar-refractivity contribution < 1.29 is 31.8 Å². The maximum atomic E-state index is 14.6. The van der Waals surface area contributed by atoms with Gasteiger partial charge in [0.2, 0.25) is 0 Å². The normalized spacial score (nSPS) is 11.4. The lowest BCUT2D eigenvalue weighted by Crippen LogP contribution is -2.41. The molecule has 0 saturated carbocycles. The average molecular weight is 532 g/mol. The fraction of sp³-hybridized carbons (Fsp3) is 0.200. The Kier molecular flexibility index (Phi) is 6.72. The highest BCUT2D eigenvalue weighted by Crippen LogP contribution is 2.31. The molecule has 0 fully saturated rings. The lowest BCUT2D eigenvalue weighted by atomic mass is 10.2. The Hall–Kier alpha value is -3.48. The van der Waals surface area contributed by atoms with Crippen molar-refractivity contribution in [1.29, 1.82) is 0 Å². The minimum absolute atomic E-state index is 0.0679. The fourth-order valence-corrected chi connectivity index (χ4v) is 3.34. The van der Waals surface area contributed by atoms with E-state index in [0.717, 1.165) is 19.2 Å². The Morgan fingerprint density at radius 1 is 1.21 bits per heavy atom. The third-order valence-corrected chi connectivity index (χ3v) is 5.13. The summed E-state index contributed by atoms with van der Waals surface area (Å²) in [5.41, 5.74) is -4.58. The van der Waals surface area contributed by atoms with Crippen molar-refractivity contribution in [3.8, 4) is 11.4 Å². The zero-order valence-electron chi connectivity index (χ0n) is 16.9. The van der Waals surface area contributed by atoms with Crippen molar-refractivity contribution in [3.05, 3.63) is 84.6 Å². The van der Waals surface area contributed by atoms with Crippen LogP contribution in [-0.2, 0) is 24.6 Å². The number of methoxy groups -OCH3 is 1. The Morgan fingerprint density at radius 2 is 1.91 bits per heavy atom. The lowest BCUT2D eigenvalue weighted by molar-refractivity contribution is -0.144. The summed E-state index contributed by atoms with van der Waals surface area (Å²) in [4.78, 5) is 40.7. The molecule has 0 radical (unpaired) electrons. The monoisotopic (exact) mass is 531 g/mol. The van der Waals surface area contributed by atoms with Crippen LogP contribution < -0.4 is 16.0 Å². The first-order valence-corrected chi connectivity index (χ1v) is 9.79. The van der Waals surface area contributed by atoms with E-state index < -0.39 is 40.6 Å². The summed E-state index contributed by atoms with van der Waals surface area (Å²) in [7, 11) is 2.00. The second-order valence-electron chi connectivity index (χ2n) is 6.55. The van der Waals surface area contributed by atoms with E-state index in [9.17, 15) is 31.9 Å². The molecule has 0 atom stereocenters. The molecule has 0 aliphatic heterocycles. The lowest BCUT2D eigenvalue weighted by Gasteiger charge is -2.16. The van der Waals surface area contributed by atoms with Crippen molar-refractivity contribution in [3.63, 3.8) is 0 Å². The quantitative estimate of drug-likeness (QED) is 0.371. The average Bonchev–Trinajstić information content (AvgIpc) is 2.75. The largest absolute Gasteiger partial charge is 0.486 e. The number of hydrogen-bond donors (Lipinski definition) is 0. The van der Waals surface area contributed by atoms with Gasteiger partial charge in [-0.3, -0.25) is 14.3 Å². The highest BCUT2D eigenvalue weighted by atomic mass is 79.9. The van der Waals surface area contributed by atoms with Gasteiger partial charge in [0.25, 0.3) is 5.56 Å². The standard InChI is InChI=1S/C20H14BrF4N3O5/c1-27-16(20(23,24)25)8-17(29)28(19(27)31)14-7-15(11(21)6-12(14)22)33-9-13-10(18(30)32-2)4-3-5-26-13/h3-8H,9H2,1-2H3. The van der Waals surface area contributed by atoms with Gasteiger partial charge in [-0.15, -0.1) is 0 Å². The molecule has 0 spiro atoms. The van der Waals surface area contributed by atoms with Crippen LogP contribution in [0.2, 0.25) is 0 Å². The Morgan fingerprint density at radius 3 is 2.55 bits per heavy atom. The van der Waals surface area contributed by atoms with Crippen LogP contribution in [0.5, 0.6) is 5.75 Å². The summed E-state index contributed by atoms with van der Waals surface area (Å²) in [5, 5.41) is 0. The predicted molar refractivity (Wildman–Crippen MR) is 110 cm³/mol. The molecule has 0 N–H and O–H groups in total. The smallest absolute Gasteiger partial charge is 0.431 e. The molecule has 0 aliphatic rings. The molecule has 3 rings (SSSR count). The number of esters is 1. The van der Waals surface area contributed by atoms with Crippen molar-refractivity contribution in [2.24, 2.45) is 7.05 Å². The first-order chi connectivity index (χ1) is 15.5. The van der Waals surface area contributed by atoms with Crippen LogP contribution in [0.25, 0.3) is 5.69 Å². The number of halogens is 5. The van der Waals surface area contributed by atoms with Gasteiger partial charge in [0.15, 0.2) is 0 Å². The van der Waals surface area contributed by atoms with Crippen LogP contribution in [-0.4, -0.2) is 27.2 Å². The maximum Gasteiger partial charge on any atom is 0.431 e. The first kappa shape index (κ1) is 24.2. The predicted octanol–water partition coefficient (Wildman–Crippen LogP) is 3.22. The second kappa shape index (κ2) is 9.17. The second-order valence-corrected chi connectivity index (χ2v) is 7.41. The molecule has 0 amide bonds. The van der Waals surface area contributed by atoms with Crippen LogP contribution in [0, 0.1) is 5.82 Å². The van der Waals surface area contributed by atoms with Crippen molar-refractivity contribution in [2.75, 3.05) is 7.11 Å². The van der Waals surface area contributed by atoms with E-state index in [2.05, 4.69) is 25.7 Å². The number of hydrogen-bond acceptors (Lipinski definition) is 6. The van der Waals surface area contributed by atoms with Gasteiger partial charge in [-0.05, 0) is 34.1 Å². The summed E-state index contributed by atoms with van der Waals surface area (Å²) in [6, 6.07) is 5.01. The van der Waals surface area contributed by atoms with E-state index in [-0.39, 0.29) is 43.3 Å². The SMILES string of the molecule is COC(=O)c1cccnc1COc1cc(-n2c(=O)cc(C(F)(F)F)n(C)c2=O)c(F)cc1Br. The molecule has 0 bridgehead atoms. The molecular weight excluding hydrogens is 518 g/mol. The van der Waals surface area contributed by atoms with E-state index in [0.29, 0.717) is 0 Å². The third-order valence-electron chi connectivity index (χ3n) is 4.51. The molecule has 2 aromatic heterocycles. The molecule has 1 aromatic carbocycles. The van der Waals surface area contributed by atoms with Crippen molar-refractivity contribution >= 4 is 21.9 Å². The number of ether oxygens (including phenoxy) is 2. The van der Waals surface area contributed by atoms with Gasteiger partial charge in [-0.25, -0.2) is 18.5 Å². The minimum atomic E-state index is -4.96. The van der Waals surface area contributed by atoms with Crippen LogP contribution in [0.15, 0.2) is 50.6 Å². The van der Waals surface area contributed by atoms with Crippen LogP contribution in [0.3, 0.4) is 0 Å². The van der Waals surface area contributed by atoms with Gasteiger partial charge < -0.3 is 9.47 Å².